The first-order valence-electron chi connectivity index (χ1n) is 13.8. The quantitative estimate of drug-likeness (QED) is 0.393. The normalized spacial score (nSPS) is 59.9. The summed E-state index contributed by atoms with van der Waals surface area (Å²) in [6.07, 6.45) is 14.4. The second-order valence-corrected chi connectivity index (χ2v) is 14.9. The van der Waals surface area contributed by atoms with Crippen molar-refractivity contribution in [3.63, 3.8) is 0 Å². The van der Waals surface area contributed by atoms with Crippen LogP contribution in [0.2, 0.25) is 0 Å². The van der Waals surface area contributed by atoms with Crippen molar-refractivity contribution in [2.45, 2.75) is 119 Å². The highest BCUT2D eigenvalue weighted by Crippen LogP contribution is 2.78. The third-order valence-corrected chi connectivity index (χ3v) is 13.8. The van der Waals surface area contributed by atoms with Gasteiger partial charge in [-0.3, -0.25) is 4.79 Å². The zero-order valence-electron chi connectivity index (χ0n) is 22.0. The molecule has 0 aromatic rings. The molecule has 0 N–H and O–H groups in total. The first-order chi connectivity index (χ1) is 14.8. The van der Waals surface area contributed by atoms with Crippen LogP contribution in [0.1, 0.15) is 119 Å². The van der Waals surface area contributed by atoms with E-state index in [1.807, 2.05) is 0 Å². The molecule has 0 amide bonds. The van der Waals surface area contributed by atoms with Crippen LogP contribution in [0, 0.1) is 56.2 Å². The Morgan fingerprint density at radius 3 is 2.03 bits per heavy atom. The number of rotatable bonds is 1. The van der Waals surface area contributed by atoms with Crippen LogP contribution in [0.3, 0.4) is 0 Å². The van der Waals surface area contributed by atoms with Gasteiger partial charge in [0.2, 0.25) is 0 Å². The van der Waals surface area contributed by atoms with Crippen LogP contribution >= 0.6 is 0 Å². The van der Waals surface area contributed by atoms with Crippen LogP contribution in [0.5, 0.6) is 0 Å². The fraction of sp³-hybridized carbons (Fsp3) is 0.933. The molecule has 32 heavy (non-hydrogen) atoms. The number of hydrogen-bond donors (Lipinski definition) is 0. The van der Waals surface area contributed by atoms with Crippen molar-refractivity contribution in [2.75, 3.05) is 0 Å². The minimum Gasteiger partial charge on any atom is -0.303 e. The average molecular weight is 441 g/mol. The monoisotopic (exact) mass is 440 g/mol. The molecule has 180 valence electrons. The van der Waals surface area contributed by atoms with Gasteiger partial charge in [0.15, 0.2) is 0 Å². The Labute approximate surface area is 197 Å². The predicted molar refractivity (Wildman–Crippen MR) is 130 cm³/mol. The van der Waals surface area contributed by atoms with Gasteiger partial charge in [0.1, 0.15) is 12.1 Å². The van der Waals surface area contributed by atoms with Gasteiger partial charge >= 0.3 is 0 Å². The lowest BCUT2D eigenvalue weighted by atomic mass is 9.30. The molecule has 0 aromatic carbocycles. The topological polar surface area (TPSA) is 34.1 Å². The van der Waals surface area contributed by atoms with Gasteiger partial charge in [0.25, 0.3) is 0 Å². The largest absolute Gasteiger partial charge is 0.303 e. The first kappa shape index (κ1) is 23.1. The van der Waals surface area contributed by atoms with E-state index in [2.05, 4.69) is 48.5 Å². The third kappa shape index (κ3) is 2.65. The van der Waals surface area contributed by atoms with Gasteiger partial charge in [-0.15, -0.1) is 0 Å². The highest BCUT2D eigenvalue weighted by molar-refractivity contribution is 5.82. The molecule has 2 nitrogen and oxygen atoms in total. The van der Waals surface area contributed by atoms with Crippen molar-refractivity contribution < 1.29 is 9.59 Å². The number of hydrogen-bond acceptors (Lipinski definition) is 2. The summed E-state index contributed by atoms with van der Waals surface area (Å²) >= 11 is 0. The Kier molecular flexibility index (Phi) is 4.85. The lowest BCUT2D eigenvalue weighted by Crippen LogP contribution is -2.67. The first-order valence-corrected chi connectivity index (χ1v) is 13.8. The summed E-state index contributed by atoms with van der Waals surface area (Å²) in [7, 11) is 0. The minimum absolute atomic E-state index is 0.128. The molecule has 5 rings (SSSR count). The van der Waals surface area contributed by atoms with Crippen molar-refractivity contribution in [3.05, 3.63) is 0 Å². The minimum atomic E-state index is -0.128. The van der Waals surface area contributed by atoms with E-state index in [0.29, 0.717) is 39.3 Å². The van der Waals surface area contributed by atoms with E-state index in [0.717, 1.165) is 31.6 Å². The third-order valence-electron chi connectivity index (χ3n) is 13.8. The van der Waals surface area contributed by atoms with Crippen LogP contribution < -0.4 is 0 Å². The van der Waals surface area contributed by atoms with Crippen LogP contribution in [-0.2, 0) is 9.59 Å². The molecule has 5 saturated carbocycles. The second-order valence-electron chi connectivity index (χ2n) is 14.9. The maximum Gasteiger partial charge on any atom is 0.136 e. The van der Waals surface area contributed by atoms with Crippen LogP contribution in [-0.4, -0.2) is 12.1 Å². The van der Waals surface area contributed by atoms with E-state index in [-0.39, 0.29) is 16.7 Å². The van der Waals surface area contributed by atoms with E-state index < -0.39 is 0 Å². The van der Waals surface area contributed by atoms with Crippen molar-refractivity contribution >= 4 is 12.1 Å². The van der Waals surface area contributed by atoms with E-state index in [9.17, 15) is 9.59 Å². The Balaban J connectivity index is 1.55. The summed E-state index contributed by atoms with van der Waals surface area (Å²) in [5.41, 5.74) is 1.48. The van der Waals surface area contributed by atoms with Crippen molar-refractivity contribution in [1.29, 1.82) is 0 Å². The second kappa shape index (κ2) is 6.72. The number of ketones is 1. The van der Waals surface area contributed by atoms with E-state index >= 15 is 0 Å². The number of aldehydes is 1. The van der Waals surface area contributed by atoms with Crippen LogP contribution in [0.25, 0.3) is 0 Å². The molecule has 10 atom stereocenters. The molecule has 0 spiro atoms. The highest BCUT2D eigenvalue weighted by Gasteiger charge is 2.71. The van der Waals surface area contributed by atoms with E-state index in [1.165, 1.54) is 51.2 Å². The Morgan fingerprint density at radius 1 is 0.719 bits per heavy atom. The number of carbonyl (C=O) groups excluding carboxylic acids is 2. The summed E-state index contributed by atoms with van der Waals surface area (Å²) in [6, 6.07) is 0. The van der Waals surface area contributed by atoms with Crippen molar-refractivity contribution in [3.8, 4) is 0 Å². The number of fused-ring (bicyclic) bond motifs is 7. The summed E-state index contributed by atoms with van der Waals surface area (Å²) in [5.74, 6) is 2.83. The predicted octanol–water partition coefficient (Wildman–Crippen LogP) is 7.64. The molecule has 0 radical (unpaired) electrons. The standard InChI is InChI=1S/C30H48O2/c1-20-21(32)8-9-22-27(20,4)11-10-23-28(22,5)15-17-30(7)24-18-25(2,19-31)12-13-26(24,3)14-16-29(23,30)6/h19-20,22-24H,8-18H2,1-7H3/t20-,22-,23-,24+,25+,26+,27+,28-,29-,30-/m0/s1. The molecule has 0 heterocycles. The van der Waals surface area contributed by atoms with Gasteiger partial charge in [0, 0.05) is 17.8 Å². The number of carbonyl (C=O) groups is 2. The molecular weight excluding hydrogens is 392 g/mol. The molecule has 0 aromatic heterocycles. The number of Topliss-reactive ketones (excluding diaryl/α,β-unsaturated/α-hetero) is 1. The molecule has 5 aliphatic carbocycles. The molecule has 2 heteroatoms. The lowest BCUT2D eigenvalue weighted by molar-refractivity contribution is -0.255. The molecule has 0 bridgehead atoms. The summed E-state index contributed by atoms with van der Waals surface area (Å²) in [4.78, 5) is 24.8. The molecule has 0 unspecified atom stereocenters. The summed E-state index contributed by atoms with van der Waals surface area (Å²) < 4.78 is 0. The van der Waals surface area contributed by atoms with Gasteiger partial charge in [-0.2, -0.15) is 0 Å². The van der Waals surface area contributed by atoms with Crippen LogP contribution in [0.4, 0.5) is 0 Å². The lowest BCUT2D eigenvalue weighted by Gasteiger charge is -2.74. The highest BCUT2D eigenvalue weighted by atomic mass is 16.1. The summed E-state index contributed by atoms with van der Waals surface area (Å²) in [5, 5.41) is 0. The molecule has 0 aliphatic heterocycles. The van der Waals surface area contributed by atoms with Gasteiger partial charge in [-0.25, -0.2) is 0 Å². The van der Waals surface area contributed by atoms with Crippen molar-refractivity contribution in [2.24, 2.45) is 56.2 Å². The Morgan fingerprint density at radius 2 is 1.34 bits per heavy atom. The Bertz CT molecular complexity index is 833. The van der Waals surface area contributed by atoms with Gasteiger partial charge in [0.05, 0.1) is 0 Å². The zero-order valence-corrected chi connectivity index (χ0v) is 22.0. The fourth-order valence-electron chi connectivity index (χ4n) is 11.1. The van der Waals surface area contributed by atoms with Gasteiger partial charge in [-0.1, -0.05) is 48.5 Å². The average Bonchev–Trinajstić information content (AvgIpc) is 2.75. The molecule has 5 fully saturated rings. The van der Waals surface area contributed by atoms with Gasteiger partial charge < -0.3 is 4.79 Å². The molecule has 0 saturated heterocycles. The van der Waals surface area contributed by atoms with E-state index in [1.54, 1.807) is 0 Å². The molecule has 5 aliphatic rings. The fourth-order valence-corrected chi connectivity index (χ4v) is 11.1. The summed E-state index contributed by atoms with van der Waals surface area (Å²) in [6.45, 7) is 17.4. The molecular formula is C30H48O2. The maximum atomic E-state index is 12.7. The van der Waals surface area contributed by atoms with E-state index in [4.69, 9.17) is 0 Å². The SMILES string of the molecule is C[C@H]1C(=O)CC[C@H]2[C@]1(C)CC[C@H]1[C@@]2(C)CC[C@@]2(C)[C@@H]3C[C@](C)(C=O)CC[C@]3(C)CC[C@@]12C. The van der Waals surface area contributed by atoms with Crippen molar-refractivity contribution in [1.82, 2.24) is 0 Å². The van der Waals surface area contributed by atoms with Crippen LogP contribution in [0.15, 0.2) is 0 Å². The smallest absolute Gasteiger partial charge is 0.136 e. The maximum absolute atomic E-state index is 12.7. The van der Waals surface area contributed by atoms with Gasteiger partial charge in [-0.05, 0) is 109 Å². The Hall–Kier alpha value is -0.660. The zero-order chi connectivity index (χ0) is 23.4.